The minimum atomic E-state index is 0.447. The van der Waals surface area contributed by atoms with E-state index >= 15 is 0 Å². The Balaban J connectivity index is 2.96. The molecule has 0 saturated carbocycles. The lowest BCUT2D eigenvalue weighted by Gasteiger charge is -2.05. The second-order valence-electron chi connectivity index (χ2n) is 3.33. The molecular formula is C12H14N2. The fraction of sp³-hybridized carbons (Fsp3) is 0.250. The highest BCUT2D eigenvalue weighted by Gasteiger charge is 1.98. The minimum Gasteiger partial charge on any atom is -0.398 e. The fourth-order valence-corrected chi connectivity index (χ4v) is 1.35. The van der Waals surface area contributed by atoms with Crippen molar-refractivity contribution < 1.29 is 0 Å². The first-order valence-corrected chi connectivity index (χ1v) is 4.55. The molecule has 2 N–H and O–H groups in total. The van der Waals surface area contributed by atoms with Gasteiger partial charge in [0.15, 0.2) is 0 Å². The summed E-state index contributed by atoms with van der Waals surface area (Å²) in [4.78, 5) is 0. The van der Waals surface area contributed by atoms with Gasteiger partial charge in [0, 0.05) is 5.69 Å². The highest BCUT2D eigenvalue weighted by Crippen LogP contribution is 2.19. The zero-order valence-electron chi connectivity index (χ0n) is 8.54. The van der Waals surface area contributed by atoms with Gasteiger partial charge in [0.25, 0.3) is 0 Å². The van der Waals surface area contributed by atoms with Crippen LogP contribution < -0.4 is 5.73 Å². The Labute approximate surface area is 84.7 Å². The maximum Gasteiger partial charge on any atom is 0.0663 e. The molecule has 0 spiro atoms. The normalized spacial score (nSPS) is 10.4. The van der Waals surface area contributed by atoms with Crippen molar-refractivity contribution in [3.05, 3.63) is 34.9 Å². The molecule has 2 nitrogen and oxygen atoms in total. The first kappa shape index (κ1) is 10.3. The Morgan fingerprint density at radius 3 is 2.43 bits per heavy atom. The number of benzene rings is 1. The SMILES string of the molecule is Cc1cc(C=CCC#N)cc(C)c1N. The second kappa shape index (κ2) is 4.48. The van der Waals surface area contributed by atoms with E-state index in [2.05, 4.69) is 6.07 Å². The van der Waals surface area contributed by atoms with E-state index in [0.29, 0.717) is 6.42 Å². The molecule has 0 bridgehead atoms. The van der Waals surface area contributed by atoms with Gasteiger partial charge in [0.2, 0.25) is 0 Å². The van der Waals surface area contributed by atoms with Crippen molar-refractivity contribution in [1.29, 1.82) is 5.26 Å². The topological polar surface area (TPSA) is 49.8 Å². The standard InChI is InChI=1S/C12H14N2/c1-9-7-11(5-3-4-6-13)8-10(2)12(9)14/h3,5,7-8H,4,14H2,1-2H3. The van der Waals surface area contributed by atoms with Gasteiger partial charge in [-0.15, -0.1) is 0 Å². The van der Waals surface area contributed by atoms with E-state index in [1.807, 2.05) is 38.1 Å². The van der Waals surface area contributed by atoms with Crippen LogP contribution in [-0.2, 0) is 0 Å². The maximum atomic E-state index is 8.38. The predicted octanol–water partition coefficient (Wildman–Crippen LogP) is 2.81. The summed E-state index contributed by atoms with van der Waals surface area (Å²) in [6.45, 7) is 3.98. The molecule has 14 heavy (non-hydrogen) atoms. The summed E-state index contributed by atoms with van der Waals surface area (Å²) in [5.74, 6) is 0. The van der Waals surface area contributed by atoms with E-state index in [1.165, 1.54) is 0 Å². The predicted molar refractivity (Wildman–Crippen MR) is 59.6 cm³/mol. The van der Waals surface area contributed by atoms with Crippen LogP contribution in [0, 0.1) is 25.2 Å². The Hall–Kier alpha value is -1.75. The highest BCUT2D eigenvalue weighted by atomic mass is 14.6. The van der Waals surface area contributed by atoms with Crippen molar-refractivity contribution in [3.8, 4) is 6.07 Å². The molecule has 0 aliphatic carbocycles. The summed E-state index contributed by atoms with van der Waals surface area (Å²) < 4.78 is 0. The number of nitrogen functional groups attached to an aromatic ring is 1. The molecule has 1 rings (SSSR count). The summed E-state index contributed by atoms with van der Waals surface area (Å²) in [7, 11) is 0. The van der Waals surface area contributed by atoms with E-state index in [4.69, 9.17) is 11.0 Å². The first-order valence-electron chi connectivity index (χ1n) is 4.55. The lowest BCUT2D eigenvalue weighted by atomic mass is 10.0. The fourth-order valence-electron chi connectivity index (χ4n) is 1.35. The molecule has 0 unspecified atom stereocenters. The number of nitriles is 1. The number of allylic oxidation sites excluding steroid dienone is 1. The van der Waals surface area contributed by atoms with E-state index < -0.39 is 0 Å². The number of aryl methyl sites for hydroxylation is 2. The van der Waals surface area contributed by atoms with Crippen LogP contribution in [0.25, 0.3) is 6.08 Å². The number of hydrogen-bond donors (Lipinski definition) is 1. The second-order valence-corrected chi connectivity index (χ2v) is 3.33. The molecular weight excluding hydrogens is 172 g/mol. The van der Waals surface area contributed by atoms with E-state index in [9.17, 15) is 0 Å². The Morgan fingerprint density at radius 2 is 1.93 bits per heavy atom. The third-order valence-corrected chi connectivity index (χ3v) is 2.14. The van der Waals surface area contributed by atoms with Gasteiger partial charge in [-0.3, -0.25) is 0 Å². The van der Waals surface area contributed by atoms with Gasteiger partial charge in [-0.05, 0) is 42.7 Å². The molecule has 0 radical (unpaired) electrons. The third-order valence-electron chi connectivity index (χ3n) is 2.14. The maximum absolute atomic E-state index is 8.38. The van der Waals surface area contributed by atoms with Crippen molar-refractivity contribution in [2.75, 3.05) is 5.73 Å². The smallest absolute Gasteiger partial charge is 0.0663 e. The number of nitrogens with zero attached hydrogens (tertiary/aromatic N) is 1. The van der Waals surface area contributed by atoms with Gasteiger partial charge in [-0.25, -0.2) is 0 Å². The molecule has 1 aromatic rings. The summed E-state index contributed by atoms with van der Waals surface area (Å²) in [5, 5.41) is 8.38. The summed E-state index contributed by atoms with van der Waals surface area (Å²) in [6.07, 6.45) is 4.25. The summed E-state index contributed by atoms with van der Waals surface area (Å²) >= 11 is 0. The zero-order valence-corrected chi connectivity index (χ0v) is 8.54. The van der Waals surface area contributed by atoms with Crippen LogP contribution in [0.2, 0.25) is 0 Å². The van der Waals surface area contributed by atoms with Crippen LogP contribution in [0.1, 0.15) is 23.1 Å². The Bertz CT molecular complexity index is 374. The molecule has 0 amide bonds. The van der Waals surface area contributed by atoms with Crippen LogP contribution in [0.4, 0.5) is 5.69 Å². The lowest BCUT2D eigenvalue weighted by molar-refractivity contribution is 1.35. The van der Waals surface area contributed by atoms with Gasteiger partial charge >= 0.3 is 0 Å². The molecule has 72 valence electrons. The van der Waals surface area contributed by atoms with Gasteiger partial charge < -0.3 is 5.73 Å². The average molecular weight is 186 g/mol. The van der Waals surface area contributed by atoms with Gasteiger partial charge in [0.05, 0.1) is 12.5 Å². The van der Waals surface area contributed by atoms with Crippen molar-refractivity contribution in [1.82, 2.24) is 0 Å². The number of rotatable bonds is 2. The van der Waals surface area contributed by atoms with Gasteiger partial charge in [-0.1, -0.05) is 12.2 Å². The van der Waals surface area contributed by atoms with Crippen molar-refractivity contribution in [3.63, 3.8) is 0 Å². The van der Waals surface area contributed by atoms with Crippen molar-refractivity contribution in [2.45, 2.75) is 20.3 Å². The molecule has 1 aromatic carbocycles. The molecule has 0 fully saturated rings. The van der Waals surface area contributed by atoms with E-state index in [0.717, 1.165) is 22.4 Å². The number of nitrogens with two attached hydrogens (primary N) is 1. The number of hydrogen-bond acceptors (Lipinski definition) is 2. The van der Waals surface area contributed by atoms with Crippen molar-refractivity contribution >= 4 is 11.8 Å². The molecule has 2 heteroatoms. The molecule has 0 aromatic heterocycles. The van der Waals surface area contributed by atoms with Crippen LogP contribution in [0.5, 0.6) is 0 Å². The zero-order chi connectivity index (χ0) is 10.6. The van der Waals surface area contributed by atoms with E-state index in [-0.39, 0.29) is 0 Å². The van der Waals surface area contributed by atoms with Crippen LogP contribution in [0.3, 0.4) is 0 Å². The quantitative estimate of drug-likeness (QED) is 0.722. The van der Waals surface area contributed by atoms with Gasteiger partial charge in [0.1, 0.15) is 0 Å². The van der Waals surface area contributed by atoms with Crippen LogP contribution in [0.15, 0.2) is 18.2 Å². The summed E-state index contributed by atoms with van der Waals surface area (Å²) in [5.41, 5.74) is 9.95. The highest BCUT2D eigenvalue weighted by molar-refractivity contribution is 5.61. The third kappa shape index (κ3) is 2.37. The van der Waals surface area contributed by atoms with Crippen LogP contribution >= 0.6 is 0 Å². The lowest BCUT2D eigenvalue weighted by Crippen LogP contribution is -1.93. The molecule has 0 atom stereocenters. The Morgan fingerprint density at radius 1 is 1.36 bits per heavy atom. The molecule has 0 saturated heterocycles. The van der Waals surface area contributed by atoms with Gasteiger partial charge in [-0.2, -0.15) is 5.26 Å². The average Bonchev–Trinajstić information content (AvgIpc) is 2.14. The number of anilines is 1. The minimum absolute atomic E-state index is 0.447. The van der Waals surface area contributed by atoms with E-state index in [1.54, 1.807) is 0 Å². The van der Waals surface area contributed by atoms with Crippen molar-refractivity contribution in [2.24, 2.45) is 0 Å². The first-order chi connectivity index (χ1) is 6.65. The monoisotopic (exact) mass is 186 g/mol. The summed E-state index contributed by atoms with van der Waals surface area (Å²) in [6, 6.07) is 6.12. The Kier molecular flexibility index (Phi) is 3.30. The largest absolute Gasteiger partial charge is 0.398 e. The molecule has 0 aliphatic heterocycles. The molecule has 0 aliphatic rings. The van der Waals surface area contributed by atoms with Crippen LogP contribution in [-0.4, -0.2) is 0 Å². The molecule has 0 heterocycles.